The summed E-state index contributed by atoms with van der Waals surface area (Å²) in [6.45, 7) is 5.12. The van der Waals surface area contributed by atoms with E-state index in [2.05, 4.69) is 37.4 Å². The summed E-state index contributed by atoms with van der Waals surface area (Å²) in [4.78, 5) is 1.30. The van der Waals surface area contributed by atoms with Gasteiger partial charge in [-0.1, -0.05) is 30.7 Å². The van der Waals surface area contributed by atoms with Crippen LogP contribution in [0.15, 0.2) is 30.3 Å². The lowest BCUT2D eigenvalue weighted by Crippen LogP contribution is -2.22. The average Bonchev–Trinajstić information content (AvgIpc) is 2.79. The fraction of sp³-hybridized carbons (Fsp3) is 0.375. The van der Waals surface area contributed by atoms with E-state index < -0.39 is 0 Å². The Labute approximate surface area is 129 Å². The number of benzene rings is 1. The van der Waals surface area contributed by atoms with E-state index >= 15 is 0 Å². The maximum absolute atomic E-state index is 6.19. The molecule has 0 fully saturated rings. The Hall–Kier alpha value is -1.03. The second kappa shape index (κ2) is 7.11. The number of methoxy groups -OCH3 is 1. The molecular weight excluding hydrogens is 290 g/mol. The van der Waals surface area contributed by atoms with Crippen LogP contribution >= 0.6 is 22.9 Å². The first-order valence-corrected chi connectivity index (χ1v) is 7.95. The van der Waals surface area contributed by atoms with Crippen molar-refractivity contribution >= 4 is 22.9 Å². The zero-order valence-corrected chi connectivity index (χ0v) is 13.6. The summed E-state index contributed by atoms with van der Waals surface area (Å²) in [7, 11) is 1.69. The molecule has 1 atom stereocenters. The van der Waals surface area contributed by atoms with Gasteiger partial charge >= 0.3 is 0 Å². The fourth-order valence-corrected chi connectivity index (χ4v) is 3.47. The third-order valence-corrected chi connectivity index (χ3v) is 4.94. The summed E-state index contributed by atoms with van der Waals surface area (Å²) in [6.07, 6.45) is 0.952. The predicted molar refractivity (Wildman–Crippen MR) is 87.2 cm³/mol. The molecule has 2 aromatic rings. The number of hydrogen-bond acceptors (Lipinski definition) is 3. The fourth-order valence-electron chi connectivity index (χ4n) is 2.17. The molecule has 0 amide bonds. The molecule has 0 saturated heterocycles. The summed E-state index contributed by atoms with van der Waals surface area (Å²) in [5.74, 6) is 0.892. The first kappa shape index (κ1) is 15.4. The number of halogens is 1. The molecule has 4 heteroatoms. The van der Waals surface area contributed by atoms with Gasteiger partial charge in [0.2, 0.25) is 0 Å². The third kappa shape index (κ3) is 3.75. The maximum atomic E-state index is 6.19. The lowest BCUT2D eigenvalue weighted by Gasteiger charge is -2.16. The van der Waals surface area contributed by atoms with Gasteiger partial charge in [0.1, 0.15) is 5.75 Å². The van der Waals surface area contributed by atoms with Crippen LogP contribution in [0.25, 0.3) is 0 Å². The van der Waals surface area contributed by atoms with Gasteiger partial charge in [0.25, 0.3) is 0 Å². The first-order valence-electron chi connectivity index (χ1n) is 6.76. The number of likely N-dealkylation sites (N-methyl/N-ethyl adjacent to an activating group) is 1. The van der Waals surface area contributed by atoms with Gasteiger partial charge in [-0.05, 0) is 49.2 Å². The van der Waals surface area contributed by atoms with E-state index in [1.807, 2.05) is 12.1 Å². The van der Waals surface area contributed by atoms with Crippen LogP contribution in [0.3, 0.4) is 0 Å². The average molecular weight is 310 g/mol. The summed E-state index contributed by atoms with van der Waals surface area (Å²) in [5.41, 5.74) is 2.45. The summed E-state index contributed by atoms with van der Waals surface area (Å²) in [5, 5.41) is 3.54. The molecule has 108 valence electrons. The highest BCUT2D eigenvalue weighted by Gasteiger charge is 2.15. The van der Waals surface area contributed by atoms with Crippen LogP contribution < -0.4 is 10.1 Å². The first-order chi connectivity index (χ1) is 9.63. The Morgan fingerprint density at radius 2 is 2.00 bits per heavy atom. The van der Waals surface area contributed by atoms with Gasteiger partial charge in [-0.2, -0.15) is 0 Å². The smallest absolute Gasteiger partial charge is 0.118 e. The Morgan fingerprint density at radius 3 is 2.50 bits per heavy atom. The highest BCUT2D eigenvalue weighted by Crippen LogP contribution is 2.32. The van der Waals surface area contributed by atoms with E-state index in [1.54, 1.807) is 18.4 Å². The zero-order valence-electron chi connectivity index (χ0n) is 12.1. The second-order valence-electron chi connectivity index (χ2n) is 4.77. The predicted octanol–water partition coefficient (Wildman–Crippen LogP) is 4.61. The largest absolute Gasteiger partial charge is 0.497 e. The molecule has 1 heterocycles. The highest BCUT2D eigenvalue weighted by molar-refractivity contribution is 7.16. The molecule has 1 aromatic carbocycles. The van der Waals surface area contributed by atoms with E-state index in [9.17, 15) is 0 Å². The summed E-state index contributed by atoms with van der Waals surface area (Å²) < 4.78 is 6.08. The van der Waals surface area contributed by atoms with Crippen molar-refractivity contribution in [3.63, 3.8) is 0 Å². The molecule has 0 bridgehead atoms. The van der Waals surface area contributed by atoms with Crippen molar-refractivity contribution in [2.75, 3.05) is 13.7 Å². The van der Waals surface area contributed by atoms with Crippen LogP contribution in [0.5, 0.6) is 5.75 Å². The van der Waals surface area contributed by atoms with Gasteiger partial charge in [-0.15, -0.1) is 11.3 Å². The molecule has 20 heavy (non-hydrogen) atoms. The Balaban J connectivity index is 2.15. The van der Waals surface area contributed by atoms with E-state index in [4.69, 9.17) is 16.3 Å². The van der Waals surface area contributed by atoms with Crippen LogP contribution in [0.4, 0.5) is 0 Å². The van der Waals surface area contributed by atoms with Gasteiger partial charge in [0.15, 0.2) is 0 Å². The lowest BCUT2D eigenvalue weighted by atomic mass is 10.0. The number of thiophene rings is 1. The van der Waals surface area contributed by atoms with Gasteiger partial charge in [-0.25, -0.2) is 0 Å². The minimum Gasteiger partial charge on any atom is -0.497 e. The molecule has 0 aliphatic rings. The van der Waals surface area contributed by atoms with Crippen LogP contribution in [0.2, 0.25) is 4.34 Å². The Kier molecular flexibility index (Phi) is 5.46. The molecular formula is C16H20ClNOS. The van der Waals surface area contributed by atoms with Crippen LogP contribution in [-0.2, 0) is 6.42 Å². The summed E-state index contributed by atoms with van der Waals surface area (Å²) >= 11 is 7.86. The Morgan fingerprint density at radius 1 is 1.30 bits per heavy atom. The third-order valence-electron chi connectivity index (χ3n) is 3.27. The Bertz CT molecular complexity index is 531. The number of ether oxygens (including phenoxy) is 1. The van der Waals surface area contributed by atoms with Crippen molar-refractivity contribution in [3.05, 3.63) is 50.7 Å². The zero-order chi connectivity index (χ0) is 14.5. The van der Waals surface area contributed by atoms with Crippen LogP contribution in [0.1, 0.15) is 29.0 Å². The van der Waals surface area contributed by atoms with Crippen molar-refractivity contribution in [3.8, 4) is 5.75 Å². The number of rotatable bonds is 6. The summed E-state index contributed by atoms with van der Waals surface area (Å²) in [6, 6.07) is 10.7. The molecule has 1 N–H and O–H groups in total. The van der Waals surface area contributed by atoms with Crippen molar-refractivity contribution in [2.24, 2.45) is 0 Å². The minimum atomic E-state index is 0.310. The van der Waals surface area contributed by atoms with E-state index in [0.29, 0.717) is 6.04 Å². The highest BCUT2D eigenvalue weighted by atomic mass is 35.5. The molecule has 2 rings (SSSR count). The van der Waals surface area contributed by atoms with E-state index in [-0.39, 0.29) is 0 Å². The van der Waals surface area contributed by atoms with Crippen LogP contribution in [-0.4, -0.2) is 13.7 Å². The van der Waals surface area contributed by atoms with Crippen molar-refractivity contribution < 1.29 is 4.74 Å². The number of hydrogen-bond donors (Lipinski definition) is 1. The van der Waals surface area contributed by atoms with Gasteiger partial charge in [0, 0.05) is 10.9 Å². The quantitative estimate of drug-likeness (QED) is 0.841. The van der Waals surface area contributed by atoms with Crippen molar-refractivity contribution in [1.29, 1.82) is 0 Å². The van der Waals surface area contributed by atoms with Gasteiger partial charge < -0.3 is 10.1 Å². The maximum Gasteiger partial charge on any atom is 0.118 e. The number of aryl methyl sites for hydroxylation is 1. The molecule has 1 aromatic heterocycles. The molecule has 0 spiro atoms. The van der Waals surface area contributed by atoms with Gasteiger partial charge in [0.05, 0.1) is 11.4 Å². The molecule has 2 nitrogen and oxygen atoms in total. The van der Waals surface area contributed by atoms with Crippen LogP contribution in [0, 0.1) is 6.92 Å². The molecule has 0 aliphatic heterocycles. The molecule has 0 saturated carbocycles. The van der Waals surface area contributed by atoms with E-state index in [1.165, 1.54) is 10.4 Å². The normalized spacial score (nSPS) is 12.4. The molecule has 0 radical (unpaired) electrons. The standard InChI is InChI=1S/C16H20ClNOS/c1-4-18-14(15-9-11(2)16(17)20-15)10-12-5-7-13(19-3)8-6-12/h5-9,14,18H,4,10H2,1-3H3. The lowest BCUT2D eigenvalue weighted by molar-refractivity contribution is 0.414. The topological polar surface area (TPSA) is 21.3 Å². The molecule has 0 aliphatic carbocycles. The van der Waals surface area contributed by atoms with Gasteiger partial charge in [-0.3, -0.25) is 0 Å². The number of nitrogens with one attached hydrogen (secondary N) is 1. The molecule has 1 unspecified atom stereocenters. The minimum absolute atomic E-state index is 0.310. The monoisotopic (exact) mass is 309 g/mol. The van der Waals surface area contributed by atoms with Crippen molar-refractivity contribution in [1.82, 2.24) is 5.32 Å². The van der Waals surface area contributed by atoms with E-state index in [0.717, 1.165) is 28.6 Å². The van der Waals surface area contributed by atoms with Crippen molar-refractivity contribution in [2.45, 2.75) is 26.3 Å². The SMILES string of the molecule is CCNC(Cc1ccc(OC)cc1)c1cc(C)c(Cl)s1. The second-order valence-corrected chi connectivity index (χ2v) is 6.45.